The van der Waals surface area contributed by atoms with Crippen molar-refractivity contribution in [2.45, 2.75) is 6.92 Å². The topological polar surface area (TPSA) is 39.1 Å². The van der Waals surface area contributed by atoms with E-state index in [0.29, 0.717) is 5.56 Å². The van der Waals surface area contributed by atoms with Crippen molar-refractivity contribution in [3.8, 4) is 0 Å². The molecule has 0 aliphatic rings. The van der Waals surface area contributed by atoms with E-state index < -0.39 is 0 Å². The van der Waals surface area contributed by atoms with Gasteiger partial charge in [0.2, 0.25) is 5.91 Å². The highest BCUT2D eigenvalue weighted by Gasteiger charge is 2.04. The molecule has 1 heterocycles. The lowest BCUT2D eigenvalue weighted by atomic mass is 10.2. The fourth-order valence-corrected chi connectivity index (χ4v) is 1.49. The van der Waals surface area contributed by atoms with E-state index >= 15 is 0 Å². The molecule has 0 saturated heterocycles. The Morgan fingerprint density at radius 3 is 2.79 bits per heavy atom. The maximum Gasteiger partial charge on any atom is 0.227 e. The van der Waals surface area contributed by atoms with Crippen LogP contribution in [0.2, 0.25) is 0 Å². The first-order valence-electron chi connectivity index (χ1n) is 4.29. The molecule has 0 N–H and O–H groups in total. The third kappa shape index (κ3) is 1.23. The van der Waals surface area contributed by atoms with E-state index in [-0.39, 0.29) is 5.91 Å². The van der Waals surface area contributed by atoms with Gasteiger partial charge in [0.05, 0.1) is 5.52 Å². The minimum Gasteiger partial charge on any atom is -0.298 e. The van der Waals surface area contributed by atoms with E-state index in [2.05, 4.69) is 0 Å². The molecule has 0 aliphatic heterocycles. The van der Waals surface area contributed by atoms with Gasteiger partial charge in [0, 0.05) is 24.1 Å². The minimum atomic E-state index is -0.0527. The molecular formula is C11H9NO2. The Balaban J connectivity index is 2.75. The highest BCUT2D eigenvalue weighted by Crippen LogP contribution is 2.16. The molecule has 0 unspecified atom stereocenters. The van der Waals surface area contributed by atoms with Gasteiger partial charge in [-0.2, -0.15) is 0 Å². The fourth-order valence-electron chi connectivity index (χ4n) is 1.49. The average molecular weight is 187 g/mol. The second kappa shape index (κ2) is 3.10. The third-order valence-corrected chi connectivity index (χ3v) is 2.19. The molecule has 3 heteroatoms. The summed E-state index contributed by atoms with van der Waals surface area (Å²) in [6.07, 6.45) is 2.48. The molecule has 3 nitrogen and oxygen atoms in total. The number of carbonyl (C=O) groups is 2. The van der Waals surface area contributed by atoms with E-state index in [0.717, 1.165) is 17.2 Å². The molecule has 0 radical (unpaired) electrons. The maximum atomic E-state index is 11.2. The fraction of sp³-hybridized carbons (Fsp3) is 0.0909. The van der Waals surface area contributed by atoms with Gasteiger partial charge in [-0.1, -0.05) is 12.1 Å². The highest BCUT2D eigenvalue weighted by molar-refractivity contribution is 5.94. The first kappa shape index (κ1) is 8.69. The van der Waals surface area contributed by atoms with Crippen LogP contribution >= 0.6 is 0 Å². The van der Waals surface area contributed by atoms with E-state index in [1.54, 1.807) is 18.3 Å². The lowest BCUT2D eigenvalue weighted by Crippen LogP contribution is -2.02. The van der Waals surface area contributed by atoms with Crippen molar-refractivity contribution < 1.29 is 9.59 Å². The molecule has 70 valence electrons. The summed E-state index contributed by atoms with van der Waals surface area (Å²) in [6.45, 7) is 1.49. The Bertz CT molecular complexity index is 511. The molecule has 0 amide bonds. The van der Waals surface area contributed by atoms with Gasteiger partial charge in [-0.25, -0.2) is 0 Å². The largest absolute Gasteiger partial charge is 0.298 e. The van der Waals surface area contributed by atoms with Crippen LogP contribution < -0.4 is 0 Å². The van der Waals surface area contributed by atoms with Crippen LogP contribution in [0.5, 0.6) is 0 Å². The second-order valence-corrected chi connectivity index (χ2v) is 3.14. The van der Waals surface area contributed by atoms with Crippen molar-refractivity contribution in [3.63, 3.8) is 0 Å². The Morgan fingerprint density at radius 2 is 2.14 bits per heavy atom. The van der Waals surface area contributed by atoms with Gasteiger partial charge < -0.3 is 0 Å². The number of hydrogen-bond donors (Lipinski definition) is 0. The molecule has 0 fully saturated rings. The minimum absolute atomic E-state index is 0.0527. The molecule has 0 aliphatic carbocycles. The summed E-state index contributed by atoms with van der Waals surface area (Å²) in [5, 5.41) is 0.964. The summed E-state index contributed by atoms with van der Waals surface area (Å²) in [4.78, 5) is 21.8. The Morgan fingerprint density at radius 1 is 1.36 bits per heavy atom. The third-order valence-electron chi connectivity index (χ3n) is 2.19. The lowest BCUT2D eigenvalue weighted by Gasteiger charge is -1.99. The average Bonchev–Trinajstić information content (AvgIpc) is 2.59. The van der Waals surface area contributed by atoms with Crippen LogP contribution in [0.1, 0.15) is 22.1 Å². The van der Waals surface area contributed by atoms with Crippen LogP contribution in [0.15, 0.2) is 30.5 Å². The standard InChI is InChI=1S/C11H9NO2/c1-8(14)12-5-4-10-3-2-9(7-13)6-11(10)12/h2-7H,1H3. The molecule has 14 heavy (non-hydrogen) atoms. The number of hydrogen-bond acceptors (Lipinski definition) is 2. The predicted molar refractivity (Wildman–Crippen MR) is 53.6 cm³/mol. The van der Waals surface area contributed by atoms with Crippen LogP contribution in [0.4, 0.5) is 0 Å². The highest BCUT2D eigenvalue weighted by atomic mass is 16.1. The molecule has 1 aromatic carbocycles. The van der Waals surface area contributed by atoms with Gasteiger partial charge in [0.25, 0.3) is 0 Å². The molecule has 2 aromatic rings. The van der Waals surface area contributed by atoms with Crippen molar-refractivity contribution >= 4 is 23.1 Å². The van der Waals surface area contributed by atoms with Crippen molar-refractivity contribution in [3.05, 3.63) is 36.0 Å². The SMILES string of the molecule is CC(=O)n1ccc2ccc(C=O)cc21. The quantitative estimate of drug-likeness (QED) is 0.641. The van der Waals surface area contributed by atoms with Crippen LogP contribution in [0, 0.1) is 0 Å². The lowest BCUT2D eigenvalue weighted by molar-refractivity contribution is 0.0941. The summed E-state index contributed by atoms with van der Waals surface area (Å²) in [5.74, 6) is -0.0527. The summed E-state index contributed by atoms with van der Waals surface area (Å²) in [5.41, 5.74) is 1.36. The van der Waals surface area contributed by atoms with Crippen LogP contribution in [-0.4, -0.2) is 16.8 Å². The van der Waals surface area contributed by atoms with E-state index in [1.807, 2.05) is 12.1 Å². The monoisotopic (exact) mass is 187 g/mol. The predicted octanol–water partition coefficient (Wildman–Crippen LogP) is 2.11. The van der Waals surface area contributed by atoms with Crippen molar-refractivity contribution in [2.75, 3.05) is 0 Å². The zero-order chi connectivity index (χ0) is 10.1. The van der Waals surface area contributed by atoms with Crippen molar-refractivity contribution in [1.29, 1.82) is 0 Å². The molecule has 2 rings (SSSR count). The Labute approximate surface area is 81.0 Å². The summed E-state index contributed by atoms with van der Waals surface area (Å²) < 4.78 is 1.53. The van der Waals surface area contributed by atoms with Crippen LogP contribution in [0.25, 0.3) is 10.9 Å². The summed E-state index contributed by atoms with van der Waals surface area (Å²) in [6, 6.07) is 7.13. The van der Waals surface area contributed by atoms with E-state index in [1.165, 1.54) is 11.5 Å². The number of aromatic nitrogens is 1. The van der Waals surface area contributed by atoms with Gasteiger partial charge in [-0.3, -0.25) is 14.2 Å². The summed E-state index contributed by atoms with van der Waals surface area (Å²) >= 11 is 0. The van der Waals surface area contributed by atoms with Crippen LogP contribution in [-0.2, 0) is 0 Å². The number of nitrogens with zero attached hydrogens (tertiary/aromatic N) is 1. The number of aldehydes is 1. The van der Waals surface area contributed by atoms with E-state index in [4.69, 9.17) is 0 Å². The number of fused-ring (bicyclic) bond motifs is 1. The molecule has 0 spiro atoms. The zero-order valence-electron chi connectivity index (χ0n) is 7.73. The van der Waals surface area contributed by atoms with Crippen molar-refractivity contribution in [2.24, 2.45) is 0 Å². The number of rotatable bonds is 1. The Kier molecular flexibility index (Phi) is 1.93. The van der Waals surface area contributed by atoms with Gasteiger partial charge in [0.15, 0.2) is 0 Å². The number of benzene rings is 1. The second-order valence-electron chi connectivity index (χ2n) is 3.14. The Hall–Kier alpha value is -1.90. The van der Waals surface area contributed by atoms with Crippen molar-refractivity contribution in [1.82, 2.24) is 4.57 Å². The smallest absolute Gasteiger partial charge is 0.227 e. The van der Waals surface area contributed by atoms with E-state index in [9.17, 15) is 9.59 Å². The number of carbonyl (C=O) groups excluding carboxylic acids is 2. The van der Waals surface area contributed by atoms with Gasteiger partial charge in [-0.15, -0.1) is 0 Å². The van der Waals surface area contributed by atoms with Gasteiger partial charge >= 0.3 is 0 Å². The molecular weight excluding hydrogens is 178 g/mol. The molecule has 1 aromatic heterocycles. The first-order valence-corrected chi connectivity index (χ1v) is 4.29. The van der Waals surface area contributed by atoms with Gasteiger partial charge in [0.1, 0.15) is 6.29 Å². The first-order chi connectivity index (χ1) is 6.72. The zero-order valence-corrected chi connectivity index (χ0v) is 7.73. The molecule has 0 bridgehead atoms. The van der Waals surface area contributed by atoms with Gasteiger partial charge in [-0.05, 0) is 12.1 Å². The summed E-state index contributed by atoms with van der Waals surface area (Å²) in [7, 11) is 0. The maximum absolute atomic E-state index is 11.2. The molecule has 0 atom stereocenters. The van der Waals surface area contributed by atoms with Crippen LogP contribution in [0.3, 0.4) is 0 Å². The normalized spacial score (nSPS) is 10.4. The molecule has 0 saturated carbocycles.